The molecule has 7 heteroatoms. The molecule has 0 aliphatic carbocycles. The van der Waals surface area contributed by atoms with Crippen molar-refractivity contribution in [2.75, 3.05) is 31.1 Å². The number of aryl methyl sites for hydroxylation is 1. The lowest BCUT2D eigenvalue weighted by Crippen LogP contribution is -2.59. The van der Waals surface area contributed by atoms with E-state index in [1.807, 2.05) is 30.3 Å². The molecule has 2 saturated heterocycles. The highest BCUT2D eigenvalue weighted by molar-refractivity contribution is 5.95. The Hall–Kier alpha value is -2.93. The molecule has 3 heterocycles. The van der Waals surface area contributed by atoms with E-state index < -0.39 is 5.60 Å². The first-order chi connectivity index (χ1) is 13.5. The fourth-order valence-corrected chi connectivity index (χ4v) is 3.84. The second-order valence-electron chi connectivity index (χ2n) is 7.44. The summed E-state index contributed by atoms with van der Waals surface area (Å²) in [6, 6.07) is 12.6. The number of amides is 2. The summed E-state index contributed by atoms with van der Waals surface area (Å²) in [6.07, 6.45) is 2.91. The molecular weight excluding hydrogens is 358 g/mol. The highest BCUT2D eigenvalue weighted by Gasteiger charge is 2.43. The predicted octanol–water partition coefficient (Wildman–Crippen LogP) is 1.42. The van der Waals surface area contributed by atoms with Crippen LogP contribution in [0.5, 0.6) is 0 Å². The molecule has 2 aliphatic rings. The van der Waals surface area contributed by atoms with Gasteiger partial charge in [-0.05, 0) is 31.0 Å². The molecule has 146 valence electrons. The van der Waals surface area contributed by atoms with Gasteiger partial charge in [0.05, 0.1) is 12.1 Å². The number of pyridine rings is 1. The van der Waals surface area contributed by atoms with E-state index in [4.69, 9.17) is 4.74 Å². The number of nitrogens with zero attached hydrogens (tertiary/aromatic N) is 3. The molecule has 28 heavy (non-hydrogen) atoms. The Bertz CT molecular complexity index is 946. The number of aromatic nitrogens is 1. The van der Waals surface area contributed by atoms with Crippen molar-refractivity contribution in [1.29, 1.82) is 0 Å². The predicted molar refractivity (Wildman–Crippen MR) is 104 cm³/mol. The topological polar surface area (TPSA) is 71.8 Å². The van der Waals surface area contributed by atoms with Gasteiger partial charge in [-0.3, -0.25) is 14.4 Å². The van der Waals surface area contributed by atoms with E-state index in [-0.39, 0.29) is 24.0 Å². The minimum absolute atomic E-state index is 0.0459. The second kappa shape index (κ2) is 7.24. The molecular formula is C21H23N3O4. The number of piperidine rings is 1. The molecule has 1 aromatic heterocycles. The van der Waals surface area contributed by atoms with Crippen LogP contribution in [0.4, 0.5) is 5.69 Å². The number of rotatable bonds is 2. The number of carbonyl (C=O) groups is 2. The summed E-state index contributed by atoms with van der Waals surface area (Å²) >= 11 is 0. The molecule has 7 nitrogen and oxygen atoms in total. The van der Waals surface area contributed by atoms with Gasteiger partial charge in [-0.2, -0.15) is 0 Å². The van der Waals surface area contributed by atoms with Gasteiger partial charge in [0.15, 0.2) is 0 Å². The smallest absolute Gasteiger partial charge is 0.254 e. The molecule has 0 saturated carbocycles. The molecule has 1 spiro atoms. The lowest BCUT2D eigenvalue weighted by Gasteiger charge is -2.47. The maximum atomic E-state index is 12.7. The van der Waals surface area contributed by atoms with Gasteiger partial charge < -0.3 is 19.1 Å². The monoisotopic (exact) mass is 381 g/mol. The Labute approximate surface area is 163 Å². The van der Waals surface area contributed by atoms with E-state index >= 15 is 0 Å². The van der Waals surface area contributed by atoms with Crippen LogP contribution in [0.25, 0.3) is 0 Å². The number of hydrogen-bond acceptors (Lipinski definition) is 4. The van der Waals surface area contributed by atoms with Crippen molar-refractivity contribution in [3.8, 4) is 0 Å². The summed E-state index contributed by atoms with van der Waals surface area (Å²) in [5.74, 6) is -0.185. The summed E-state index contributed by atoms with van der Waals surface area (Å²) in [4.78, 5) is 40.4. The van der Waals surface area contributed by atoms with Crippen LogP contribution in [-0.2, 0) is 16.6 Å². The molecule has 2 amide bonds. The van der Waals surface area contributed by atoms with E-state index in [2.05, 4.69) is 0 Å². The van der Waals surface area contributed by atoms with Gasteiger partial charge in [-0.1, -0.05) is 18.2 Å². The van der Waals surface area contributed by atoms with Crippen LogP contribution in [0.3, 0.4) is 0 Å². The lowest BCUT2D eigenvalue weighted by molar-refractivity contribution is -0.143. The van der Waals surface area contributed by atoms with Crippen LogP contribution >= 0.6 is 0 Å². The fraction of sp³-hybridized carbons (Fsp3) is 0.381. The summed E-state index contributed by atoms with van der Waals surface area (Å²) in [6.45, 7) is 1.61. The molecule has 4 rings (SSSR count). The zero-order valence-corrected chi connectivity index (χ0v) is 15.8. The van der Waals surface area contributed by atoms with Crippen LogP contribution in [-0.4, -0.2) is 53.1 Å². The minimum Gasteiger partial charge on any atom is -0.363 e. The van der Waals surface area contributed by atoms with Crippen LogP contribution in [0.2, 0.25) is 0 Å². The van der Waals surface area contributed by atoms with Crippen LogP contribution in [0, 0.1) is 0 Å². The van der Waals surface area contributed by atoms with E-state index in [1.165, 1.54) is 10.6 Å². The molecule has 0 atom stereocenters. The van der Waals surface area contributed by atoms with Gasteiger partial charge >= 0.3 is 0 Å². The van der Waals surface area contributed by atoms with Gasteiger partial charge in [0.25, 0.3) is 17.4 Å². The van der Waals surface area contributed by atoms with E-state index in [9.17, 15) is 14.4 Å². The first kappa shape index (κ1) is 18.4. The molecule has 2 aromatic rings. The fourth-order valence-electron chi connectivity index (χ4n) is 3.84. The van der Waals surface area contributed by atoms with Crippen molar-refractivity contribution >= 4 is 17.5 Å². The van der Waals surface area contributed by atoms with Gasteiger partial charge in [-0.15, -0.1) is 0 Å². The van der Waals surface area contributed by atoms with Crippen molar-refractivity contribution in [2.24, 2.45) is 7.05 Å². The molecule has 2 fully saturated rings. The van der Waals surface area contributed by atoms with Crippen molar-refractivity contribution in [1.82, 2.24) is 9.47 Å². The Morgan fingerprint density at radius 2 is 1.79 bits per heavy atom. The zero-order chi connectivity index (χ0) is 19.7. The molecule has 0 unspecified atom stereocenters. The average Bonchev–Trinajstić information content (AvgIpc) is 2.73. The maximum absolute atomic E-state index is 12.7. The SMILES string of the molecule is Cn1ccc(C(=O)N2CCC3(CC2)CN(c2ccccc2)C(=O)CO3)cc1=O. The second-order valence-corrected chi connectivity index (χ2v) is 7.44. The summed E-state index contributed by atoms with van der Waals surface area (Å²) in [5, 5.41) is 0. The molecule has 0 radical (unpaired) electrons. The van der Waals surface area contributed by atoms with Crippen LogP contribution in [0.1, 0.15) is 23.2 Å². The number of para-hydroxylation sites is 1. The van der Waals surface area contributed by atoms with Gasteiger partial charge in [-0.25, -0.2) is 0 Å². The number of benzene rings is 1. The van der Waals surface area contributed by atoms with Gasteiger partial charge in [0, 0.05) is 43.7 Å². The van der Waals surface area contributed by atoms with Crippen LogP contribution < -0.4 is 10.5 Å². The van der Waals surface area contributed by atoms with E-state index in [0.29, 0.717) is 38.0 Å². The lowest BCUT2D eigenvalue weighted by atomic mass is 9.88. The Morgan fingerprint density at radius 1 is 1.07 bits per heavy atom. The Morgan fingerprint density at radius 3 is 2.46 bits per heavy atom. The third-order valence-corrected chi connectivity index (χ3v) is 5.63. The summed E-state index contributed by atoms with van der Waals surface area (Å²) in [5.41, 5.74) is 0.637. The first-order valence-electron chi connectivity index (χ1n) is 9.43. The molecule has 0 N–H and O–H groups in total. The Kier molecular flexibility index (Phi) is 4.77. The average molecular weight is 381 g/mol. The van der Waals surface area contributed by atoms with Crippen LogP contribution in [0.15, 0.2) is 53.5 Å². The van der Waals surface area contributed by atoms with Crippen molar-refractivity contribution in [3.63, 3.8) is 0 Å². The summed E-state index contributed by atoms with van der Waals surface area (Å²) < 4.78 is 7.39. The van der Waals surface area contributed by atoms with Crippen molar-refractivity contribution in [2.45, 2.75) is 18.4 Å². The quantitative estimate of drug-likeness (QED) is 0.789. The number of likely N-dealkylation sites (tertiary alicyclic amines) is 1. The number of hydrogen-bond donors (Lipinski definition) is 0. The maximum Gasteiger partial charge on any atom is 0.254 e. The largest absolute Gasteiger partial charge is 0.363 e. The van der Waals surface area contributed by atoms with E-state index in [0.717, 1.165) is 5.69 Å². The third-order valence-electron chi connectivity index (χ3n) is 5.63. The standard InChI is InChI=1S/C21H23N3O4/c1-22-10-7-16(13-18(22)25)20(27)23-11-8-21(9-12-23)15-24(19(26)14-28-21)17-5-3-2-4-6-17/h2-7,10,13H,8-9,11-12,14-15H2,1H3. The molecule has 0 bridgehead atoms. The molecule has 1 aromatic carbocycles. The van der Waals surface area contributed by atoms with E-state index in [1.54, 1.807) is 29.1 Å². The Balaban J connectivity index is 1.45. The highest BCUT2D eigenvalue weighted by atomic mass is 16.5. The number of ether oxygens (including phenoxy) is 1. The first-order valence-corrected chi connectivity index (χ1v) is 9.43. The van der Waals surface area contributed by atoms with Gasteiger partial charge in [0.2, 0.25) is 0 Å². The number of anilines is 1. The summed E-state index contributed by atoms with van der Waals surface area (Å²) in [7, 11) is 1.65. The normalized spacial score (nSPS) is 19.1. The zero-order valence-electron chi connectivity index (χ0n) is 15.8. The number of morpholine rings is 1. The van der Waals surface area contributed by atoms with Crippen molar-refractivity contribution in [3.05, 3.63) is 64.6 Å². The van der Waals surface area contributed by atoms with Crippen molar-refractivity contribution < 1.29 is 14.3 Å². The number of carbonyl (C=O) groups excluding carboxylic acids is 2. The molecule has 2 aliphatic heterocycles. The third kappa shape index (κ3) is 3.45. The van der Waals surface area contributed by atoms with Gasteiger partial charge in [0.1, 0.15) is 6.61 Å². The minimum atomic E-state index is -0.437. The highest BCUT2D eigenvalue weighted by Crippen LogP contribution is 2.33.